The SMILES string of the molecule is FC(c1[c-]c(-c2ccccn2)ccc1)c1[c-]c(-n2c3ncccc3c3ccc4c(c32)N(c2ccccc2)c2ccccc2S4(c2ccccc2)c2ccccc2)ccc1.[Pd+2]. The summed E-state index contributed by atoms with van der Waals surface area (Å²) in [6.07, 6.45) is 2.09. The normalized spacial score (nSPS) is 13.8. The van der Waals surface area contributed by atoms with Crippen molar-refractivity contribution in [3.05, 3.63) is 230 Å². The van der Waals surface area contributed by atoms with Crippen LogP contribution in [-0.4, -0.2) is 14.5 Å². The summed E-state index contributed by atoms with van der Waals surface area (Å²) in [6.45, 7) is 0. The molecule has 0 amide bonds. The quantitative estimate of drug-likeness (QED) is 0.118. The summed E-state index contributed by atoms with van der Waals surface area (Å²) in [7, 11) is -2.08. The van der Waals surface area contributed by atoms with E-state index in [1.807, 2.05) is 54.7 Å². The van der Waals surface area contributed by atoms with Gasteiger partial charge in [0, 0.05) is 48.4 Å². The molecule has 10 aromatic rings. The minimum absolute atomic E-state index is 0. The zero-order valence-electron chi connectivity index (χ0n) is 32.1. The van der Waals surface area contributed by atoms with Gasteiger partial charge in [-0.1, -0.05) is 96.2 Å². The standard InChI is InChI=1S/C53H35FN4S.Pd/c54-50(38-18-14-17-37(35-38)46-28-12-13-33-55-46)39-19-15-22-41(36-39)58-51-44(45-27-16-34-56-53(45)58)31-32-49-52(51)57(40-20-4-1-5-21-40)47-29-10-11-30-48(47)59(49,42-23-6-2-7-24-42)43-25-8-3-9-26-43;/h1-34,50H;/q-2;+2. The Hall–Kier alpha value is -6.62. The molecule has 0 radical (unpaired) electrons. The number of pyridine rings is 2. The van der Waals surface area contributed by atoms with E-state index in [-0.39, 0.29) is 20.4 Å². The van der Waals surface area contributed by atoms with E-state index in [0.29, 0.717) is 16.8 Å². The Morgan fingerprint density at radius 3 is 1.90 bits per heavy atom. The van der Waals surface area contributed by atoms with Gasteiger partial charge >= 0.3 is 20.4 Å². The van der Waals surface area contributed by atoms with Gasteiger partial charge in [-0.2, -0.15) is 18.2 Å². The van der Waals surface area contributed by atoms with Crippen LogP contribution < -0.4 is 4.90 Å². The van der Waals surface area contributed by atoms with Crippen molar-refractivity contribution in [3.8, 4) is 16.9 Å². The smallest absolute Gasteiger partial charge is 0.316 e. The second-order valence-corrected chi connectivity index (χ2v) is 17.5. The van der Waals surface area contributed by atoms with Crippen molar-refractivity contribution in [2.45, 2.75) is 25.8 Å². The number of rotatable bonds is 7. The molecular formula is C53H35FN4PdS. The second kappa shape index (κ2) is 15.5. The van der Waals surface area contributed by atoms with E-state index in [0.717, 1.165) is 50.3 Å². The molecule has 0 spiro atoms. The summed E-state index contributed by atoms with van der Waals surface area (Å²) in [6, 6.07) is 73.9. The molecule has 60 heavy (non-hydrogen) atoms. The van der Waals surface area contributed by atoms with E-state index in [2.05, 4.69) is 160 Å². The average molecular weight is 885 g/mol. The molecular weight excluding hydrogens is 850 g/mol. The van der Waals surface area contributed by atoms with Crippen LogP contribution in [0.3, 0.4) is 0 Å². The first-order valence-electron chi connectivity index (χ1n) is 19.6. The van der Waals surface area contributed by atoms with E-state index < -0.39 is 16.2 Å². The summed E-state index contributed by atoms with van der Waals surface area (Å²) < 4.78 is 19.1. The maximum atomic E-state index is 16.9. The van der Waals surface area contributed by atoms with E-state index in [1.54, 1.807) is 18.3 Å². The average Bonchev–Trinajstić information content (AvgIpc) is 3.66. The molecule has 0 N–H and O–H groups in total. The molecule has 4 heterocycles. The number of fused-ring (bicyclic) bond motifs is 6. The van der Waals surface area contributed by atoms with Crippen molar-refractivity contribution in [2.75, 3.05) is 4.90 Å². The van der Waals surface area contributed by atoms with Crippen LogP contribution in [0.1, 0.15) is 17.3 Å². The Balaban J connectivity index is 0.00000433. The Morgan fingerprint density at radius 2 is 1.17 bits per heavy atom. The fourth-order valence-electron chi connectivity index (χ4n) is 8.70. The summed E-state index contributed by atoms with van der Waals surface area (Å²) in [5.41, 5.74) is 7.97. The predicted molar refractivity (Wildman–Crippen MR) is 237 cm³/mol. The number of hydrogen-bond donors (Lipinski definition) is 0. The first-order valence-corrected chi connectivity index (χ1v) is 21.3. The second-order valence-electron chi connectivity index (χ2n) is 14.5. The van der Waals surface area contributed by atoms with E-state index >= 15 is 4.39 Å². The third-order valence-corrected chi connectivity index (χ3v) is 15.1. The van der Waals surface area contributed by atoms with Crippen LogP contribution >= 0.6 is 10.0 Å². The Labute approximate surface area is 363 Å². The Morgan fingerprint density at radius 1 is 0.517 bits per heavy atom. The maximum Gasteiger partial charge on any atom is 2.00 e. The summed E-state index contributed by atoms with van der Waals surface area (Å²) >= 11 is 0. The van der Waals surface area contributed by atoms with Crippen LogP contribution in [-0.2, 0) is 20.4 Å². The van der Waals surface area contributed by atoms with Gasteiger partial charge in [0.2, 0.25) is 0 Å². The number of halogens is 1. The number of aromatic nitrogens is 3. The molecule has 0 saturated carbocycles. The molecule has 7 aromatic carbocycles. The zero-order valence-corrected chi connectivity index (χ0v) is 34.5. The van der Waals surface area contributed by atoms with Gasteiger partial charge in [-0.15, -0.1) is 51.5 Å². The molecule has 4 nitrogen and oxygen atoms in total. The molecule has 0 aliphatic carbocycles. The van der Waals surface area contributed by atoms with Crippen LogP contribution in [0.25, 0.3) is 38.9 Å². The van der Waals surface area contributed by atoms with Crippen molar-refractivity contribution < 1.29 is 24.8 Å². The molecule has 0 fully saturated rings. The third-order valence-electron chi connectivity index (χ3n) is 11.2. The zero-order chi connectivity index (χ0) is 39.3. The molecule has 1 aliphatic rings. The van der Waals surface area contributed by atoms with Crippen LogP contribution in [0.5, 0.6) is 0 Å². The van der Waals surface area contributed by atoms with Gasteiger partial charge in [0.1, 0.15) is 11.8 Å². The van der Waals surface area contributed by atoms with E-state index in [4.69, 9.17) is 4.98 Å². The fourth-order valence-corrected chi connectivity index (χ4v) is 12.9. The van der Waals surface area contributed by atoms with Crippen molar-refractivity contribution >= 4 is 49.0 Å². The molecule has 1 unspecified atom stereocenters. The van der Waals surface area contributed by atoms with Crippen molar-refractivity contribution in [1.82, 2.24) is 14.5 Å². The number of alkyl halides is 1. The van der Waals surface area contributed by atoms with Gasteiger partial charge in [-0.25, -0.2) is 9.37 Å². The number of benzene rings is 7. The maximum absolute atomic E-state index is 16.9. The first kappa shape index (κ1) is 37.6. The Kier molecular flexibility index (Phi) is 9.74. The third kappa shape index (κ3) is 5.92. The van der Waals surface area contributed by atoms with E-state index in [9.17, 15) is 0 Å². The topological polar surface area (TPSA) is 34.0 Å². The van der Waals surface area contributed by atoms with Gasteiger partial charge in [0.25, 0.3) is 0 Å². The van der Waals surface area contributed by atoms with Gasteiger partial charge in [0.15, 0.2) is 0 Å². The van der Waals surface area contributed by atoms with Crippen LogP contribution in [0.4, 0.5) is 21.5 Å². The van der Waals surface area contributed by atoms with Crippen molar-refractivity contribution in [1.29, 1.82) is 0 Å². The van der Waals surface area contributed by atoms with Crippen LogP contribution in [0.15, 0.2) is 226 Å². The van der Waals surface area contributed by atoms with E-state index in [1.165, 1.54) is 19.6 Å². The summed E-state index contributed by atoms with van der Waals surface area (Å²) in [4.78, 5) is 16.9. The number of hydrogen-bond acceptors (Lipinski definition) is 3. The van der Waals surface area contributed by atoms with Crippen LogP contribution in [0.2, 0.25) is 0 Å². The number of para-hydroxylation sites is 2. The summed E-state index contributed by atoms with van der Waals surface area (Å²) in [5, 5.41) is 2.05. The first-order chi connectivity index (χ1) is 29.2. The van der Waals surface area contributed by atoms with Gasteiger partial charge in [-0.3, -0.25) is 0 Å². The molecule has 3 aromatic heterocycles. The minimum Gasteiger partial charge on any atom is -0.316 e. The van der Waals surface area contributed by atoms with Crippen molar-refractivity contribution in [3.63, 3.8) is 0 Å². The molecule has 0 saturated heterocycles. The van der Waals surface area contributed by atoms with Crippen LogP contribution in [0, 0.1) is 12.1 Å². The van der Waals surface area contributed by atoms with Gasteiger partial charge in [0.05, 0.1) is 16.9 Å². The van der Waals surface area contributed by atoms with Gasteiger partial charge in [-0.05, 0) is 78.5 Å². The molecule has 0 bridgehead atoms. The predicted octanol–water partition coefficient (Wildman–Crippen LogP) is 14.0. The van der Waals surface area contributed by atoms with Crippen molar-refractivity contribution in [2.24, 2.45) is 0 Å². The molecule has 7 heteroatoms. The molecule has 290 valence electrons. The molecule has 11 rings (SSSR count). The summed E-state index contributed by atoms with van der Waals surface area (Å²) in [5.74, 6) is 0. The molecule has 1 atom stereocenters. The largest absolute Gasteiger partial charge is 2.00 e. The fraction of sp³-hybridized carbons (Fsp3) is 0.0189. The Bertz CT molecular complexity index is 3100. The monoisotopic (exact) mass is 884 g/mol. The van der Waals surface area contributed by atoms with Gasteiger partial charge < -0.3 is 14.5 Å². The minimum atomic E-state index is -2.08. The molecule has 1 aliphatic heterocycles. The number of nitrogens with zero attached hydrogens (tertiary/aromatic N) is 4. The number of anilines is 3.